The van der Waals surface area contributed by atoms with Crippen LogP contribution in [0.3, 0.4) is 0 Å². The number of nitrogens with zero attached hydrogens (tertiary/aromatic N) is 2. The quantitative estimate of drug-likeness (QED) is 0.890. The molecule has 0 aliphatic rings. The van der Waals surface area contributed by atoms with E-state index in [1.807, 2.05) is 6.92 Å². The van der Waals surface area contributed by atoms with E-state index in [0.717, 1.165) is 16.8 Å². The van der Waals surface area contributed by atoms with Gasteiger partial charge in [0.25, 0.3) is 0 Å². The van der Waals surface area contributed by atoms with Gasteiger partial charge in [0, 0.05) is 18.8 Å². The summed E-state index contributed by atoms with van der Waals surface area (Å²) in [6.07, 6.45) is 1.71. The van der Waals surface area contributed by atoms with Crippen molar-refractivity contribution < 1.29 is 4.39 Å². The van der Waals surface area contributed by atoms with Crippen molar-refractivity contribution in [3.8, 4) is 11.3 Å². The molecule has 0 saturated heterocycles. The predicted molar refractivity (Wildman–Crippen MR) is 66.7 cm³/mol. The van der Waals surface area contributed by atoms with E-state index in [1.165, 1.54) is 6.07 Å². The minimum atomic E-state index is -0.434. The van der Waals surface area contributed by atoms with Crippen LogP contribution in [0.5, 0.6) is 0 Å². The van der Waals surface area contributed by atoms with Crippen molar-refractivity contribution in [1.82, 2.24) is 9.97 Å². The fourth-order valence-electron chi connectivity index (χ4n) is 1.50. The molecule has 3 nitrogen and oxygen atoms in total. The highest BCUT2D eigenvalue weighted by Crippen LogP contribution is 2.26. The fraction of sp³-hybridized carbons (Fsp3) is 0.167. The highest BCUT2D eigenvalue weighted by Gasteiger charge is 2.08. The van der Waals surface area contributed by atoms with Gasteiger partial charge in [0.15, 0.2) is 0 Å². The Balaban J connectivity index is 2.55. The summed E-state index contributed by atoms with van der Waals surface area (Å²) >= 11 is 5.76. The molecule has 0 aliphatic carbocycles. The van der Waals surface area contributed by atoms with Gasteiger partial charge in [-0.15, -0.1) is 0 Å². The normalized spacial score (nSPS) is 10.4. The molecule has 88 valence electrons. The van der Waals surface area contributed by atoms with Gasteiger partial charge >= 0.3 is 0 Å². The van der Waals surface area contributed by atoms with Crippen LogP contribution in [-0.2, 0) is 0 Å². The molecule has 0 radical (unpaired) electrons. The van der Waals surface area contributed by atoms with E-state index in [9.17, 15) is 4.39 Å². The number of rotatable bonds is 2. The van der Waals surface area contributed by atoms with Crippen LogP contribution in [0.15, 0.2) is 24.4 Å². The third-order valence-electron chi connectivity index (χ3n) is 2.39. The van der Waals surface area contributed by atoms with Gasteiger partial charge in [0.1, 0.15) is 5.82 Å². The third-order valence-corrected chi connectivity index (χ3v) is 2.68. The molecule has 0 spiro atoms. The van der Waals surface area contributed by atoms with Crippen LogP contribution < -0.4 is 5.32 Å². The third kappa shape index (κ3) is 2.36. The molecule has 0 atom stereocenters. The maximum Gasteiger partial charge on any atom is 0.222 e. The van der Waals surface area contributed by atoms with Crippen molar-refractivity contribution in [3.63, 3.8) is 0 Å². The molecule has 0 saturated carbocycles. The predicted octanol–water partition coefficient (Wildman–Crippen LogP) is 3.29. The number of benzene rings is 1. The smallest absolute Gasteiger partial charge is 0.222 e. The first-order valence-electron chi connectivity index (χ1n) is 5.08. The van der Waals surface area contributed by atoms with Gasteiger partial charge in [-0.3, -0.25) is 0 Å². The van der Waals surface area contributed by atoms with E-state index in [-0.39, 0.29) is 5.02 Å². The number of halogens is 2. The van der Waals surface area contributed by atoms with Gasteiger partial charge in [-0.05, 0) is 30.7 Å². The fourth-order valence-corrected chi connectivity index (χ4v) is 1.68. The zero-order valence-electron chi connectivity index (χ0n) is 9.46. The number of aromatic nitrogens is 2. The molecule has 5 heteroatoms. The Morgan fingerprint density at radius 1 is 1.35 bits per heavy atom. The summed E-state index contributed by atoms with van der Waals surface area (Å²) in [4.78, 5) is 8.42. The first-order chi connectivity index (χ1) is 8.11. The Bertz CT molecular complexity index is 557. The van der Waals surface area contributed by atoms with E-state index < -0.39 is 5.82 Å². The molecule has 0 unspecified atom stereocenters. The summed E-state index contributed by atoms with van der Waals surface area (Å²) in [7, 11) is 1.74. The summed E-state index contributed by atoms with van der Waals surface area (Å²) < 4.78 is 13.1. The monoisotopic (exact) mass is 251 g/mol. The van der Waals surface area contributed by atoms with Gasteiger partial charge in [-0.1, -0.05) is 11.6 Å². The summed E-state index contributed by atoms with van der Waals surface area (Å²) in [6.45, 7) is 1.89. The second-order valence-electron chi connectivity index (χ2n) is 3.60. The first-order valence-corrected chi connectivity index (χ1v) is 5.46. The van der Waals surface area contributed by atoms with Crippen LogP contribution in [0.1, 0.15) is 5.56 Å². The van der Waals surface area contributed by atoms with Crippen LogP contribution >= 0.6 is 11.6 Å². The summed E-state index contributed by atoms with van der Waals surface area (Å²) in [5.41, 5.74) is 2.42. The molecule has 0 amide bonds. The van der Waals surface area contributed by atoms with E-state index in [4.69, 9.17) is 11.6 Å². The molecule has 1 aromatic heterocycles. The Morgan fingerprint density at radius 3 is 2.76 bits per heavy atom. The van der Waals surface area contributed by atoms with E-state index in [0.29, 0.717) is 5.95 Å². The van der Waals surface area contributed by atoms with Crippen LogP contribution in [-0.4, -0.2) is 17.0 Å². The standard InChI is InChI=1S/C12H11ClFN3/c1-7-6-16-12(15-2)17-11(7)8-3-4-10(14)9(13)5-8/h3-6H,1-2H3,(H,15,16,17). The molecule has 2 rings (SSSR count). The van der Waals surface area contributed by atoms with Gasteiger partial charge in [-0.2, -0.15) is 0 Å². The minimum absolute atomic E-state index is 0.0894. The highest BCUT2D eigenvalue weighted by molar-refractivity contribution is 6.31. The zero-order valence-corrected chi connectivity index (χ0v) is 10.2. The number of nitrogens with one attached hydrogen (secondary N) is 1. The Morgan fingerprint density at radius 2 is 2.12 bits per heavy atom. The Labute approximate surface area is 104 Å². The zero-order chi connectivity index (χ0) is 12.4. The number of hydrogen-bond acceptors (Lipinski definition) is 3. The Kier molecular flexibility index (Phi) is 3.24. The van der Waals surface area contributed by atoms with Crippen molar-refractivity contribution in [2.45, 2.75) is 6.92 Å². The lowest BCUT2D eigenvalue weighted by Gasteiger charge is -2.07. The van der Waals surface area contributed by atoms with Crippen LogP contribution in [0.4, 0.5) is 10.3 Å². The lowest BCUT2D eigenvalue weighted by atomic mass is 10.1. The second kappa shape index (κ2) is 4.67. The van der Waals surface area contributed by atoms with Gasteiger partial charge in [0.2, 0.25) is 5.95 Å². The molecule has 2 aromatic rings. The summed E-state index contributed by atoms with van der Waals surface area (Å²) in [5, 5.41) is 2.95. The lowest BCUT2D eigenvalue weighted by Crippen LogP contribution is -1.99. The second-order valence-corrected chi connectivity index (χ2v) is 4.01. The topological polar surface area (TPSA) is 37.8 Å². The SMILES string of the molecule is CNc1ncc(C)c(-c2ccc(F)c(Cl)c2)n1. The van der Waals surface area contributed by atoms with Gasteiger partial charge in [-0.25, -0.2) is 14.4 Å². The highest BCUT2D eigenvalue weighted by atomic mass is 35.5. The lowest BCUT2D eigenvalue weighted by molar-refractivity contribution is 0.628. The molecule has 0 aliphatic heterocycles. The first kappa shape index (κ1) is 11.8. The van der Waals surface area contributed by atoms with Crippen LogP contribution in [0.2, 0.25) is 5.02 Å². The molecule has 17 heavy (non-hydrogen) atoms. The average Bonchev–Trinajstić information content (AvgIpc) is 2.33. The van der Waals surface area contributed by atoms with Crippen molar-refractivity contribution in [2.75, 3.05) is 12.4 Å². The minimum Gasteiger partial charge on any atom is -0.357 e. The van der Waals surface area contributed by atoms with Crippen LogP contribution in [0, 0.1) is 12.7 Å². The van der Waals surface area contributed by atoms with E-state index in [2.05, 4.69) is 15.3 Å². The average molecular weight is 252 g/mol. The maximum atomic E-state index is 13.1. The molecule has 1 N–H and O–H groups in total. The molecular weight excluding hydrogens is 241 g/mol. The van der Waals surface area contributed by atoms with Gasteiger partial charge in [0.05, 0.1) is 10.7 Å². The molecule has 1 aromatic carbocycles. The molecule has 0 fully saturated rings. The van der Waals surface area contributed by atoms with Crippen molar-refractivity contribution in [2.24, 2.45) is 0 Å². The Hall–Kier alpha value is -1.68. The van der Waals surface area contributed by atoms with Gasteiger partial charge < -0.3 is 5.32 Å². The summed E-state index contributed by atoms with van der Waals surface area (Å²) in [5.74, 6) is 0.0852. The summed E-state index contributed by atoms with van der Waals surface area (Å²) in [6, 6.07) is 4.54. The van der Waals surface area contributed by atoms with Crippen molar-refractivity contribution in [3.05, 3.63) is 40.8 Å². The molecule has 1 heterocycles. The largest absolute Gasteiger partial charge is 0.357 e. The molecule has 0 bridgehead atoms. The number of anilines is 1. The molecular formula is C12H11ClFN3. The van der Waals surface area contributed by atoms with Crippen LogP contribution in [0.25, 0.3) is 11.3 Å². The maximum absolute atomic E-state index is 13.1. The van der Waals surface area contributed by atoms with Crippen molar-refractivity contribution in [1.29, 1.82) is 0 Å². The van der Waals surface area contributed by atoms with E-state index >= 15 is 0 Å². The number of aryl methyl sites for hydroxylation is 1. The number of hydrogen-bond donors (Lipinski definition) is 1. The van der Waals surface area contributed by atoms with E-state index in [1.54, 1.807) is 25.4 Å². The van der Waals surface area contributed by atoms with Crippen molar-refractivity contribution >= 4 is 17.5 Å².